The molecule has 5 heteroatoms. The Hall–Kier alpha value is -2.04. The Bertz CT molecular complexity index is 373. The first-order chi connectivity index (χ1) is 7.00. The monoisotopic (exact) mass is 208 g/mol. The van der Waals surface area contributed by atoms with Gasteiger partial charge in [-0.25, -0.2) is 4.79 Å². The number of nitrogens with two attached hydrogens (primary N) is 1. The zero-order valence-corrected chi connectivity index (χ0v) is 8.23. The maximum Gasteiger partial charge on any atom is 0.330 e. The van der Waals surface area contributed by atoms with Crippen molar-refractivity contribution in [2.75, 3.05) is 5.73 Å². The Morgan fingerprint density at radius 3 is 2.27 bits per heavy atom. The molecule has 0 aromatic heterocycles. The molecule has 80 valence electrons. The van der Waals surface area contributed by atoms with Crippen molar-refractivity contribution in [3.05, 3.63) is 29.8 Å². The minimum atomic E-state index is -1.10. The van der Waals surface area contributed by atoms with Gasteiger partial charge in [-0.1, -0.05) is 12.1 Å². The Labute approximate surface area is 86.9 Å². The molecule has 0 unspecified atom stereocenters. The quantitative estimate of drug-likeness (QED) is 0.632. The van der Waals surface area contributed by atoms with Gasteiger partial charge in [0.1, 0.15) is 0 Å². The molecule has 1 aromatic rings. The number of nitrogens with one attached hydrogen (secondary N) is 1. The van der Waals surface area contributed by atoms with E-state index in [2.05, 4.69) is 5.32 Å². The first kappa shape index (κ1) is 11.0. The number of carbonyl (C=O) groups is 2. The van der Waals surface area contributed by atoms with Gasteiger partial charge in [0.15, 0.2) is 6.04 Å². The van der Waals surface area contributed by atoms with Gasteiger partial charge >= 0.3 is 5.97 Å². The highest BCUT2D eigenvalue weighted by atomic mass is 16.4. The zero-order valence-electron chi connectivity index (χ0n) is 8.23. The third-order valence-corrected chi connectivity index (χ3v) is 1.86. The summed E-state index contributed by atoms with van der Waals surface area (Å²) in [5.74, 6) is -1.49. The Kier molecular flexibility index (Phi) is 3.28. The number of aliphatic carboxylic acids is 1. The van der Waals surface area contributed by atoms with Gasteiger partial charge in [-0.3, -0.25) is 4.79 Å². The number of carbonyl (C=O) groups excluding carboxylic acids is 1. The summed E-state index contributed by atoms with van der Waals surface area (Å²) in [6, 6.07) is 5.30. The predicted octanol–water partition coefficient (Wildman–Crippen LogP) is 0.531. The van der Waals surface area contributed by atoms with E-state index in [-0.39, 0.29) is 5.91 Å². The number of carboxylic acids is 1. The molecule has 0 heterocycles. The van der Waals surface area contributed by atoms with Crippen LogP contribution in [0.3, 0.4) is 0 Å². The van der Waals surface area contributed by atoms with E-state index in [1.165, 1.54) is 6.92 Å². The lowest BCUT2D eigenvalue weighted by Crippen LogP contribution is -2.31. The van der Waals surface area contributed by atoms with Crippen LogP contribution in [0.1, 0.15) is 18.5 Å². The highest BCUT2D eigenvalue weighted by Crippen LogP contribution is 2.15. The fourth-order valence-electron chi connectivity index (χ4n) is 1.18. The van der Waals surface area contributed by atoms with Crippen LogP contribution in [0.5, 0.6) is 0 Å². The number of rotatable bonds is 3. The molecule has 0 aliphatic heterocycles. The molecule has 0 bridgehead atoms. The lowest BCUT2D eigenvalue weighted by molar-refractivity contribution is -0.141. The Morgan fingerprint density at radius 1 is 1.33 bits per heavy atom. The molecule has 0 saturated heterocycles. The first-order valence-electron chi connectivity index (χ1n) is 4.36. The van der Waals surface area contributed by atoms with Gasteiger partial charge in [0.05, 0.1) is 0 Å². The zero-order chi connectivity index (χ0) is 11.4. The summed E-state index contributed by atoms with van der Waals surface area (Å²) in [6.45, 7) is 1.27. The van der Waals surface area contributed by atoms with Crippen LogP contribution in [0.2, 0.25) is 0 Å². The van der Waals surface area contributed by atoms with Crippen molar-refractivity contribution in [1.82, 2.24) is 5.32 Å². The second-order valence-electron chi connectivity index (χ2n) is 3.14. The van der Waals surface area contributed by atoms with Crippen LogP contribution in [0, 0.1) is 0 Å². The topological polar surface area (TPSA) is 92.4 Å². The van der Waals surface area contributed by atoms with Crippen molar-refractivity contribution in [1.29, 1.82) is 0 Å². The van der Waals surface area contributed by atoms with Gasteiger partial charge in [-0.15, -0.1) is 0 Å². The molecular weight excluding hydrogens is 196 g/mol. The van der Waals surface area contributed by atoms with Crippen LogP contribution in [-0.2, 0) is 9.59 Å². The average Bonchev–Trinajstić information content (AvgIpc) is 2.15. The molecule has 0 radical (unpaired) electrons. The maximum atomic E-state index is 10.9. The molecule has 0 aliphatic carbocycles. The Balaban J connectivity index is 2.94. The standard InChI is InChI=1S/C10H12N2O3/c1-6(13)12-9(10(14)15)7-2-4-8(11)5-3-7/h2-5,9H,11H2,1H3,(H,12,13)(H,14,15)/t9-/m1/s1. The number of benzene rings is 1. The molecule has 0 saturated carbocycles. The van der Waals surface area contributed by atoms with Crippen molar-refractivity contribution in [2.45, 2.75) is 13.0 Å². The summed E-state index contributed by atoms with van der Waals surface area (Å²) in [6.07, 6.45) is 0. The number of nitrogen functional groups attached to an aromatic ring is 1. The van der Waals surface area contributed by atoms with Crippen molar-refractivity contribution in [2.24, 2.45) is 0 Å². The van der Waals surface area contributed by atoms with E-state index in [0.29, 0.717) is 11.3 Å². The fourth-order valence-corrected chi connectivity index (χ4v) is 1.18. The van der Waals surface area contributed by atoms with Gasteiger partial charge in [-0.05, 0) is 17.7 Å². The normalized spacial score (nSPS) is 11.8. The van der Waals surface area contributed by atoms with Gasteiger partial charge in [-0.2, -0.15) is 0 Å². The van der Waals surface area contributed by atoms with E-state index in [0.717, 1.165) is 0 Å². The van der Waals surface area contributed by atoms with Crippen LogP contribution < -0.4 is 11.1 Å². The summed E-state index contributed by atoms with van der Waals surface area (Å²) in [4.78, 5) is 21.7. The van der Waals surface area contributed by atoms with Crippen LogP contribution in [-0.4, -0.2) is 17.0 Å². The van der Waals surface area contributed by atoms with Crippen molar-refractivity contribution < 1.29 is 14.7 Å². The highest BCUT2D eigenvalue weighted by molar-refractivity contribution is 5.83. The molecule has 15 heavy (non-hydrogen) atoms. The van der Waals surface area contributed by atoms with E-state index in [9.17, 15) is 9.59 Å². The fraction of sp³-hybridized carbons (Fsp3) is 0.200. The molecule has 1 rings (SSSR count). The van der Waals surface area contributed by atoms with Gasteiger partial charge in [0.2, 0.25) is 5.91 Å². The number of carboxylic acid groups (broad SMARTS) is 1. The minimum Gasteiger partial charge on any atom is -0.479 e. The Morgan fingerprint density at radius 2 is 1.87 bits per heavy atom. The summed E-state index contributed by atoms with van der Waals surface area (Å²) in [7, 11) is 0. The lowest BCUT2D eigenvalue weighted by Gasteiger charge is -2.13. The van der Waals surface area contributed by atoms with Crippen LogP contribution in [0.4, 0.5) is 5.69 Å². The third-order valence-electron chi connectivity index (χ3n) is 1.86. The van der Waals surface area contributed by atoms with Gasteiger partial charge in [0, 0.05) is 12.6 Å². The predicted molar refractivity (Wildman–Crippen MR) is 55.0 cm³/mol. The van der Waals surface area contributed by atoms with E-state index in [1.54, 1.807) is 24.3 Å². The summed E-state index contributed by atoms with van der Waals surface area (Å²) in [5, 5.41) is 11.2. The van der Waals surface area contributed by atoms with Crippen LogP contribution in [0.25, 0.3) is 0 Å². The van der Waals surface area contributed by atoms with Crippen LogP contribution in [0.15, 0.2) is 24.3 Å². The second-order valence-corrected chi connectivity index (χ2v) is 3.14. The van der Waals surface area contributed by atoms with Crippen LogP contribution >= 0.6 is 0 Å². The van der Waals surface area contributed by atoms with Crippen molar-refractivity contribution >= 4 is 17.6 Å². The molecular formula is C10H12N2O3. The maximum absolute atomic E-state index is 10.9. The lowest BCUT2D eigenvalue weighted by atomic mass is 10.1. The van der Waals surface area contributed by atoms with E-state index in [4.69, 9.17) is 10.8 Å². The molecule has 1 amide bonds. The SMILES string of the molecule is CC(=O)N[C@@H](C(=O)O)c1ccc(N)cc1. The summed E-state index contributed by atoms with van der Waals surface area (Å²) >= 11 is 0. The summed E-state index contributed by atoms with van der Waals surface area (Å²) in [5.41, 5.74) is 6.51. The van der Waals surface area contributed by atoms with Crippen molar-refractivity contribution in [3.63, 3.8) is 0 Å². The number of hydrogen-bond donors (Lipinski definition) is 3. The van der Waals surface area contributed by atoms with E-state index in [1.807, 2.05) is 0 Å². The molecule has 4 N–H and O–H groups in total. The summed E-state index contributed by atoms with van der Waals surface area (Å²) < 4.78 is 0. The third kappa shape index (κ3) is 2.98. The molecule has 0 aliphatic rings. The van der Waals surface area contributed by atoms with Gasteiger partial charge in [0.25, 0.3) is 0 Å². The first-order valence-corrected chi connectivity index (χ1v) is 4.36. The molecule has 0 spiro atoms. The van der Waals surface area contributed by atoms with E-state index < -0.39 is 12.0 Å². The molecule has 1 atom stereocenters. The molecule has 5 nitrogen and oxygen atoms in total. The highest BCUT2D eigenvalue weighted by Gasteiger charge is 2.19. The number of hydrogen-bond acceptors (Lipinski definition) is 3. The van der Waals surface area contributed by atoms with Gasteiger partial charge < -0.3 is 16.2 Å². The van der Waals surface area contributed by atoms with Crippen molar-refractivity contribution in [3.8, 4) is 0 Å². The molecule has 0 fully saturated rings. The number of anilines is 1. The largest absolute Gasteiger partial charge is 0.479 e. The van der Waals surface area contributed by atoms with E-state index >= 15 is 0 Å². The smallest absolute Gasteiger partial charge is 0.330 e. The number of amides is 1. The minimum absolute atomic E-state index is 0.390. The average molecular weight is 208 g/mol. The second kappa shape index (κ2) is 4.45. The molecule has 1 aromatic carbocycles.